The molecule has 0 radical (unpaired) electrons. The zero-order chi connectivity index (χ0) is 14.7. The average Bonchev–Trinajstić information content (AvgIpc) is 2.38. The molecule has 1 amide bonds. The van der Waals surface area contributed by atoms with Crippen molar-refractivity contribution in [3.63, 3.8) is 0 Å². The van der Waals surface area contributed by atoms with Gasteiger partial charge in [0.25, 0.3) is 5.91 Å². The van der Waals surface area contributed by atoms with Crippen molar-refractivity contribution in [3.05, 3.63) is 58.1 Å². The van der Waals surface area contributed by atoms with Gasteiger partial charge >= 0.3 is 5.97 Å². The fourth-order valence-electron chi connectivity index (χ4n) is 1.51. The first-order chi connectivity index (χ1) is 9.47. The molecule has 0 unspecified atom stereocenters. The van der Waals surface area contributed by atoms with Gasteiger partial charge in [0.2, 0.25) is 0 Å². The van der Waals surface area contributed by atoms with Gasteiger partial charge < -0.3 is 10.4 Å². The maximum absolute atomic E-state index is 13.5. The minimum atomic E-state index is -1.36. The predicted octanol–water partition coefficient (Wildman–Crippen LogP) is 2.93. The first-order valence-electron chi connectivity index (χ1n) is 5.43. The second-order valence-electron chi connectivity index (χ2n) is 3.82. The summed E-state index contributed by atoms with van der Waals surface area (Å²) in [6.07, 6.45) is 1.45. The van der Waals surface area contributed by atoms with E-state index >= 15 is 0 Å². The number of aromatic nitrogens is 1. The van der Waals surface area contributed by atoms with Crippen LogP contribution in [0.15, 0.2) is 41.1 Å². The van der Waals surface area contributed by atoms with Gasteiger partial charge in [0, 0.05) is 17.4 Å². The number of carbonyl (C=O) groups is 2. The quantitative estimate of drug-likeness (QED) is 0.843. The van der Waals surface area contributed by atoms with Crippen LogP contribution in [-0.2, 0) is 0 Å². The minimum absolute atomic E-state index is 0.172. The monoisotopic (exact) mass is 338 g/mol. The molecule has 2 N–H and O–H groups in total. The molecule has 20 heavy (non-hydrogen) atoms. The number of hydrogen-bond acceptors (Lipinski definition) is 3. The van der Waals surface area contributed by atoms with Gasteiger partial charge in [-0.05, 0) is 46.3 Å². The van der Waals surface area contributed by atoms with E-state index in [2.05, 4.69) is 26.2 Å². The Hall–Kier alpha value is -2.28. The predicted molar refractivity (Wildman–Crippen MR) is 73.2 cm³/mol. The third-order valence-electron chi connectivity index (χ3n) is 2.45. The third kappa shape index (κ3) is 3.18. The van der Waals surface area contributed by atoms with Crippen molar-refractivity contribution in [1.29, 1.82) is 0 Å². The molecule has 0 aliphatic heterocycles. The Morgan fingerprint density at radius 1 is 1.25 bits per heavy atom. The number of nitrogens with zero attached hydrogens (tertiary/aromatic N) is 1. The smallest absolute Gasteiger partial charge is 0.338 e. The Bertz CT molecular complexity index is 691. The highest BCUT2D eigenvalue weighted by Gasteiger charge is 2.12. The van der Waals surface area contributed by atoms with E-state index in [0.29, 0.717) is 10.2 Å². The molecule has 1 aromatic carbocycles. The lowest BCUT2D eigenvalue weighted by Crippen LogP contribution is -2.12. The molecule has 0 saturated carbocycles. The summed E-state index contributed by atoms with van der Waals surface area (Å²) in [5.41, 5.74) is 0.0645. The molecule has 5 nitrogen and oxygen atoms in total. The number of carboxylic acids is 1. The van der Waals surface area contributed by atoms with Gasteiger partial charge in [-0.1, -0.05) is 0 Å². The van der Waals surface area contributed by atoms with Crippen LogP contribution < -0.4 is 5.32 Å². The number of hydrogen-bond donors (Lipinski definition) is 2. The van der Waals surface area contributed by atoms with E-state index in [9.17, 15) is 14.0 Å². The van der Waals surface area contributed by atoms with E-state index in [0.717, 1.165) is 12.1 Å². The summed E-state index contributed by atoms with van der Waals surface area (Å²) in [5.74, 6) is -2.72. The molecule has 1 heterocycles. The Labute approximate surface area is 121 Å². The number of halogens is 2. The minimum Gasteiger partial charge on any atom is -0.478 e. The van der Waals surface area contributed by atoms with Crippen LogP contribution in [0, 0.1) is 5.82 Å². The zero-order valence-electron chi connectivity index (χ0n) is 9.93. The first-order valence-corrected chi connectivity index (χ1v) is 6.22. The van der Waals surface area contributed by atoms with Gasteiger partial charge in [0.05, 0.1) is 5.56 Å². The highest BCUT2D eigenvalue weighted by molar-refractivity contribution is 9.10. The van der Waals surface area contributed by atoms with Crippen LogP contribution in [0.25, 0.3) is 0 Å². The van der Waals surface area contributed by atoms with E-state index in [1.165, 1.54) is 24.4 Å². The summed E-state index contributed by atoms with van der Waals surface area (Å²) in [6.45, 7) is 0. The van der Waals surface area contributed by atoms with Crippen molar-refractivity contribution < 1.29 is 19.1 Å². The molecule has 0 aliphatic rings. The Morgan fingerprint density at radius 2 is 2.00 bits per heavy atom. The fraction of sp³-hybridized carbons (Fsp3) is 0. The average molecular weight is 339 g/mol. The highest BCUT2D eigenvalue weighted by atomic mass is 79.9. The molecule has 0 bridgehead atoms. The molecule has 2 rings (SSSR count). The van der Waals surface area contributed by atoms with Crippen LogP contribution in [0.2, 0.25) is 0 Å². The van der Waals surface area contributed by atoms with Crippen LogP contribution in [0.3, 0.4) is 0 Å². The lowest BCUT2D eigenvalue weighted by molar-refractivity contribution is 0.0692. The molecule has 1 aromatic heterocycles. The van der Waals surface area contributed by atoms with Gasteiger partial charge in [-0.2, -0.15) is 0 Å². The van der Waals surface area contributed by atoms with Crippen LogP contribution >= 0.6 is 15.9 Å². The maximum atomic E-state index is 13.5. The van der Waals surface area contributed by atoms with Crippen molar-refractivity contribution in [1.82, 2.24) is 4.98 Å². The summed E-state index contributed by atoms with van der Waals surface area (Å²) in [4.78, 5) is 26.5. The summed E-state index contributed by atoms with van der Waals surface area (Å²) in [7, 11) is 0. The number of rotatable bonds is 3. The highest BCUT2D eigenvalue weighted by Crippen LogP contribution is 2.16. The molecular weight excluding hydrogens is 331 g/mol. The Kier molecular flexibility index (Phi) is 4.09. The molecule has 0 saturated heterocycles. The molecular formula is C13H8BrFN2O3. The van der Waals surface area contributed by atoms with Gasteiger partial charge in [-0.15, -0.1) is 0 Å². The van der Waals surface area contributed by atoms with Crippen molar-refractivity contribution in [3.8, 4) is 0 Å². The summed E-state index contributed by atoms with van der Waals surface area (Å²) >= 11 is 3.14. The van der Waals surface area contributed by atoms with Gasteiger partial charge in [-0.25, -0.2) is 14.2 Å². The topological polar surface area (TPSA) is 79.3 Å². The zero-order valence-corrected chi connectivity index (χ0v) is 11.5. The number of anilines is 1. The van der Waals surface area contributed by atoms with Crippen LogP contribution in [0.4, 0.5) is 10.1 Å². The number of amides is 1. The second kappa shape index (κ2) is 5.79. The number of nitrogens with one attached hydrogen (secondary N) is 1. The van der Waals surface area contributed by atoms with E-state index < -0.39 is 23.3 Å². The number of pyridine rings is 1. The summed E-state index contributed by atoms with van der Waals surface area (Å²) < 4.78 is 14.0. The van der Waals surface area contributed by atoms with Crippen LogP contribution in [-0.4, -0.2) is 22.0 Å². The van der Waals surface area contributed by atoms with Crippen molar-refractivity contribution in [2.24, 2.45) is 0 Å². The van der Waals surface area contributed by atoms with E-state index in [1.54, 1.807) is 0 Å². The number of carboxylic acid groups (broad SMARTS) is 1. The van der Waals surface area contributed by atoms with Crippen molar-refractivity contribution >= 4 is 33.5 Å². The van der Waals surface area contributed by atoms with E-state index in [1.807, 2.05) is 0 Å². The first kappa shape index (κ1) is 14.1. The molecule has 0 fully saturated rings. The standard InChI is InChI=1S/C13H8BrFN2O3/c14-11-5-7(3-4-16-11)12(18)17-8-1-2-9(13(19)20)10(15)6-8/h1-6H,(H,17,18)(H,19,20). The number of aromatic carboxylic acids is 1. The van der Waals surface area contributed by atoms with Crippen LogP contribution in [0.1, 0.15) is 20.7 Å². The van der Waals surface area contributed by atoms with Gasteiger partial charge in [0.15, 0.2) is 0 Å². The lowest BCUT2D eigenvalue weighted by atomic mass is 10.2. The Morgan fingerprint density at radius 3 is 2.60 bits per heavy atom. The van der Waals surface area contributed by atoms with E-state index in [4.69, 9.17) is 5.11 Å². The largest absolute Gasteiger partial charge is 0.478 e. The van der Waals surface area contributed by atoms with E-state index in [-0.39, 0.29) is 5.69 Å². The SMILES string of the molecule is O=C(Nc1ccc(C(=O)O)c(F)c1)c1ccnc(Br)c1. The summed E-state index contributed by atoms with van der Waals surface area (Å²) in [5, 5.41) is 11.2. The number of benzene rings is 1. The van der Waals surface area contributed by atoms with Crippen LogP contribution in [0.5, 0.6) is 0 Å². The molecule has 0 aliphatic carbocycles. The molecule has 0 atom stereocenters. The van der Waals surface area contributed by atoms with Gasteiger partial charge in [-0.3, -0.25) is 4.79 Å². The normalized spacial score (nSPS) is 10.1. The molecule has 0 spiro atoms. The molecule has 102 valence electrons. The number of carbonyl (C=O) groups excluding carboxylic acids is 1. The Balaban J connectivity index is 2.20. The van der Waals surface area contributed by atoms with Crippen molar-refractivity contribution in [2.45, 2.75) is 0 Å². The van der Waals surface area contributed by atoms with Crippen molar-refractivity contribution in [2.75, 3.05) is 5.32 Å². The molecule has 2 aromatic rings. The molecule has 7 heteroatoms. The second-order valence-corrected chi connectivity index (χ2v) is 4.63. The van der Waals surface area contributed by atoms with Gasteiger partial charge in [0.1, 0.15) is 10.4 Å². The fourth-order valence-corrected chi connectivity index (χ4v) is 1.88. The third-order valence-corrected chi connectivity index (χ3v) is 2.88. The summed E-state index contributed by atoms with van der Waals surface area (Å²) in [6, 6.07) is 6.38. The lowest BCUT2D eigenvalue weighted by Gasteiger charge is -2.06. The maximum Gasteiger partial charge on any atom is 0.338 e.